The Labute approximate surface area is 340 Å². The number of carbonyl (C=O) groups excluding carboxylic acids is 2. The van der Waals surface area contributed by atoms with Crippen molar-refractivity contribution < 1.29 is 28.0 Å². The van der Waals surface area contributed by atoms with E-state index in [0.717, 1.165) is 100 Å². The molecule has 56 heavy (non-hydrogen) atoms. The fraction of sp³-hybridized carbons (Fsp3) is 0.917. The fourth-order valence-electron chi connectivity index (χ4n) is 17.3. The zero-order valence-corrected chi connectivity index (χ0v) is 37.0. The van der Waals surface area contributed by atoms with Gasteiger partial charge in [0.05, 0.1) is 45.9 Å². The summed E-state index contributed by atoms with van der Waals surface area (Å²) in [5, 5.41) is 0. The Kier molecular flexibility index (Phi) is 9.64. The number of hydrogen-bond acceptors (Lipinski definition) is 6. The van der Waals surface area contributed by atoms with Gasteiger partial charge < -0.3 is 18.4 Å². The normalized spacial score (nSPS) is 51.1. The molecule has 8 nitrogen and oxygen atoms in total. The van der Waals surface area contributed by atoms with Crippen LogP contribution in [0.5, 0.6) is 0 Å². The van der Waals surface area contributed by atoms with Crippen LogP contribution in [-0.4, -0.2) is 134 Å². The molecular weight excluding hydrogens is 697 g/mol. The van der Waals surface area contributed by atoms with Crippen LogP contribution in [0.2, 0.25) is 0 Å². The molecule has 6 aliphatic heterocycles. The number of piperazine rings is 6. The average Bonchev–Trinajstić information content (AvgIpc) is 3.59. The molecule has 5 aliphatic carbocycles. The van der Waals surface area contributed by atoms with Crippen LogP contribution in [0, 0.1) is 56.7 Å². The highest BCUT2D eigenvalue weighted by molar-refractivity contribution is 5.74. The van der Waals surface area contributed by atoms with Crippen LogP contribution in [0.4, 0.5) is 0 Å². The average molecular weight is 777 g/mol. The Bertz CT molecular complexity index is 1550. The van der Waals surface area contributed by atoms with Gasteiger partial charge in [0.2, 0.25) is 0 Å². The second-order valence-corrected chi connectivity index (χ2v) is 23.3. The van der Waals surface area contributed by atoms with Crippen molar-refractivity contribution in [1.29, 1.82) is 0 Å². The van der Waals surface area contributed by atoms with Crippen molar-refractivity contribution in [3.63, 3.8) is 0 Å². The summed E-state index contributed by atoms with van der Waals surface area (Å²) in [5.74, 6) is 3.02. The van der Waals surface area contributed by atoms with Crippen molar-refractivity contribution in [1.82, 2.24) is 9.80 Å². The molecule has 11 rings (SSSR count). The lowest BCUT2D eigenvalue weighted by Crippen LogP contribution is -2.72. The van der Waals surface area contributed by atoms with E-state index in [9.17, 15) is 9.59 Å². The molecule has 0 aromatic rings. The van der Waals surface area contributed by atoms with Crippen LogP contribution in [0.25, 0.3) is 0 Å². The van der Waals surface area contributed by atoms with Crippen LogP contribution in [0.3, 0.4) is 0 Å². The minimum absolute atomic E-state index is 0.00375. The number of rotatable bonds is 8. The lowest BCUT2D eigenvalue weighted by molar-refractivity contribution is -0.954. The van der Waals surface area contributed by atoms with E-state index in [1.54, 1.807) is 0 Å². The first-order chi connectivity index (χ1) is 26.4. The molecule has 314 valence electrons. The molecule has 6 saturated heterocycles. The van der Waals surface area contributed by atoms with Gasteiger partial charge in [-0.2, -0.15) is 0 Å². The van der Waals surface area contributed by atoms with Gasteiger partial charge in [-0.1, -0.05) is 46.8 Å². The molecule has 4 bridgehead atoms. The highest BCUT2D eigenvalue weighted by Gasteiger charge is 2.71. The highest BCUT2D eigenvalue weighted by atomic mass is 16.5. The van der Waals surface area contributed by atoms with E-state index in [1.165, 1.54) is 56.9 Å². The Morgan fingerprint density at radius 1 is 0.679 bits per heavy atom. The maximum absolute atomic E-state index is 14.0. The maximum atomic E-state index is 14.0. The lowest BCUT2D eigenvalue weighted by atomic mass is 9.32. The molecule has 0 spiro atoms. The summed E-state index contributed by atoms with van der Waals surface area (Å²) in [5.41, 5.74) is 2.11. The summed E-state index contributed by atoms with van der Waals surface area (Å²) in [7, 11) is 0. The maximum Gasteiger partial charge on any atom is 0.364 e. The van der Waals surface area contributed by atoms with E-state index in [-0.39, 0.29) is 57.2 Å². The highest BCUT2D eigenvalue weighted by Crippen LogP contribution is 2.77. The van der Waals surface area contributed by atoms with Crippen molar-refractivity contribution in [3.8, 4) is 0 Å². The zero-order chi connectivity index (χ0) is 39.7. The van der Waals surface area contributed by atoms with Crippen molar-refractivity contribution in [2.24, 2.45) is 56.7 Å². The zero-order valence-electron chi connectivity index (χ0n) is 37.0. The van der Waals surface area contributed by atoms with Gasteiger partial charge in [-0.05, 0) is 131 Å². The van der Waals surface area contributed by atoms with Gasteiger partial charge in [-0.15, -0.1) is 0 Å². The summed E-state index contributed by atoms with van der Waals surface area (Å²) in [6.07, 6.45) is 12.0. The number of carbonyl (C=O) groups is 2. The van der Waals surface area contributed by atoms with Crippen LogP contribution >= 0.6 is 0 Å². The van der Waals surface area contributed by atoms with Gasteiger partial charge in [-0.3, -0.25) is 9.80 Å². The quantitative estimate of drug-likeness (QED) is 0.148. The van der Waals surface area contributed by atoms with E-state index in [0.29, 0.717) is 36.2 Å². The largest absolute Gasteiger partial charge is 0.461 e. The minimum Gasteiger partial charge on any atom is -0.461 e. The molecule has 11 aliphatic rings. The summed E-state index contributed by atoms with van der Waals surface area (Å²) >= 11 is 0. The van der Waals surface area contributed by atoms with Crippen molar-refractivity contribution in [2.45, 2.75) is 138 Å². The van der Waals surface area contributed by atoms with E-state index in [1.807, 2.05) is 0 Å². The van der Waals surface area contributed by atoms with Crippen LogP contribution < -0.4 is 0 Å². The van der Waals surface area contributed by atoms with E-state index in [4.69, 9.17) is 9.47 Å². The number of allylic oxidation sites excluding steroid dienone is 1. The monoisotopic (exact) mass is 777 g/mol. The molecule has 0 amide bonds. The molecule has 12 atom stereocenters. The number of esters is 2. The molecule has 11 fully saturated rings. The van der Waals surface area contributed by atoms with Gasteiger partial charge in [0.15, 0.2) is 12.1 Å². The smallest absolute Gasteiger partial charge is 0.364 e. The third-order valence-electron chi connectivity index (χ3n) is 21.4. The molecule has 0 radical (unpaired) electrons. The van der Waals surface area contributed by atoms with Gasteiger partial charge in [0.25, 0.3) is 0 Å². The van der Waals surface area contributed by atoms with Gasteiger partial charge in [0.1, 0.15) is 6.10 Å². The predicted molar refractivity (Wildman–Crippen MR) is 221 cm³/mol. The molecule has 0 aromatic carbocycles. The second-order valence-electron chi connectivity index (χ2n) is 23.3. The van der Waals surface area contributed by atoms with Crippen LogP contribution in [0.15, 0.2) is 12.2 Å². The topological polar surface area (TPSA) is 59.1 Å². The second kappa shape index (κ2) is 13.5. The summed E-state index contributed by atoms with van der Waals surface area (Å²) in [6.45, 7) is 38.1. The molecule has 0 N–H and O–H groups in total. The lowest BCUT2D eigenvalue weighted by Gasteiger charge is -2.73. The van der Waals surface area contributed by atoms with E-state index in [2.05, 4.69) is 71.8 Å². The van der Waals surface area contributed by atoms with Gasteiger partial charge in [-0.25, -0.2) is 9.59 Å². The predicted octanol–water partition coefficient (Wildman–Crippen LogP) is 7.17. The molecule has 5 saturated carbocycles. The van der Waals surface area contributed by atoms with Crippen molar-refractivity contribution in [3.05, 3.63) is 12.2 Å². The number of nitrogens with zero attached hydrogens (tertiary/aromatic N) is 4. The Balaban J connectivity index is 0.922. The Morgan fingerprint density at radius 3 is 1.82 bits per heavy atom. The molecule has 6 unspecified atom stereocenters. The first-order valence-electron chi connectivity index (χ1n) is 23.6. The summed E-state index contributed by atoms with van der Waals surface area (Å²) in [4.78, 5) is 33.1. The molecule has 0 aromatic heterocycles. The van der Waals surface area contributed by atoms with E-state index < -0.39 is 0 Å². The first-order valence-corrected chi connectivity index (χ1v) is 23.6. The number of ether oxygens (including phenoxy) is 2. The summed E-state index contributed by atoms with van der Waals surface area (Å²) in [6, 6.07) is -0.139. The molecule has 8 heteroatoms. The van der Waals surface area contributed by atoms with Crippen LogP contribution in [0.1, 0.15) is 120 Å². The van der Waals surface area contributed by atoms with Gasteiger partial charge >= 0.3 is 11.9 Å². The standard InChI is InChI=1S/C48H80N4O4/c1-33(2)36-12-17-48(32-55-42(53)34(3)51-26-20-49(21-27-51)22-28-51)19-18-46(8)37(41(36)48)10-11-39-45(7)15-14-40(44(5,6)38(45)13-16-47(39,46)9)56-43(54)35(4)52-29-23-50(24-30-52)25-31-52/h34-41H,1,10-32H2,2-9H3/q+2/t34?,35?,36-,37?,38?,39?,40-,41?,45-,46+,47+,48+/m0/s1. The fourth-order valence-corrected chi connectivity index (χ4v) is 17.3. The van der Waals surface area contributed by atoms with E-state index >= 15 is 0 Å². The Morgan fingerprint density at radius 2 is 1.25 bits per heavy atom. The Hall–Kier alpha value is -1.48. The van der Waals surface area contributed by atoms with Crippen molar-refractivity contribution >= 4 is 11.9 Å². The third kappa shape index (κ3) is 5.62. The summed E-state index contributed by atoms with van der Waals surface area (Å²) < 4.78 is 15.2. The number of fused-ring (bicyclic) bond motifs is 13. The minimum atomic E-state index is -0.0699. The molecular formula is C48H80N4O4+2. The third-order valence-corrected chi connectivity index (χ3v) is 21.4. The number of hydrogen-bond donors (Lipinski definition) is 0. The first kappa shape index (κ1) is 40.0. The number of quaternary nitrogens is 2. The van der Waals surface area contributed by atoms with Gasteiger partial charge in [0, 0.05) is 50.1 Å². The van der Waals surface area contributed by atoms with Crippen molar-refractivity contribution in [2.75, 3.05) is 85.1 Å². The SMILES string of the molecule is C=C(C)[C@@H]1CC[C@]2(COC(=O)C(C)[N+]34CCN(CC3)CC4)CC[C@]3(C)C(CCC4[C@@]5(C)CC[C@H](OC(=O)C(C)[N+]67CCN(CC6)CC7)C(C)(C)C5CC[C@]43C)C12. The van der Waals surface area contributed by atoms with Crippen LogP contribution in [-0.2, 0) is 19.1 Å². The molecule has 6 heterocycles.